The van der Waals surface area contributed by atoms with Gasteiger partial charge in [-0.15, -0.1) is 0 Å². The van der Waals surface area contributed by atoms with E-state index in [-0.39, 0.29) is 12.0 Å². The van der Waals surface area contributed by atoms with Gasteiger partial charge >= 0.3 is 0 Å². The Bertz CT molecular complexity index is 704. The lowest BCUT2D eigenvalue weighted by Crippen LogP contribution is -2.22. The van der Waals surface area contributed by atoms with Crippen LogP contribution < -0.4 is 5.73 Å². The Morgan fingerprint density at radius 3 is 2.57 bits per heavy atom. The van der Waals surface area contributed by atoms with Crippen LogP contribution in [0.4, 0.5) is 0 Å². The van der Waals surface area contributed by atoms with E-state index in [4.69, 9.17) is 28.9 Å². The quantitative estimate of drug-likeness (QED) is 0.803. The summed E-state index contributed by atoms with van der Waals surface area (Å²) in [6, 6.07) is 14.4. The highest BCUT2D eigenvalue weighted by molar-refractivity contribution is 6.42. The fourth-order valence-electron chi connectivity index (χ4n) is 2.91. The maximum atomic E-state index is 6.19. The molecule has 2 atom stereocenters. The molecule has 3 rings (SSSR count). The maximum absolute atomic E-state index is 6.19. The number of nitrogens with two attached hydrogens (primary N) is 1. The zero-order valence-corrected chi connectivity index (χ0v) is 13.3. The van der Waals surface area contributed by atoms with Gasteiger partial charge in [-0.05, 0) is 42.2 Å². The molecule has 0 fully saturated rings. The maximum Gasteiger partial charge on any atom is 0.0595 e. The Hall–Kier alpha value is -1.28. The molecule has 108 valence electrons. The van der Waals surface area contributed by atoms with Gasteiger partial charge in [0.25, 0.3) is 0 Å². The minimum absolute atomic E-state index is 0.0589. The predicted octanol–water partition coefficient (Wildman–Crippen LogP) is 5.26. The number of halogens is 2. The topological polar surface area (TPSA) is 26.0 Å². The van der Waals surface area contributed by atoms with E-state index in [0.717, 1.165) is 6.42 Å². The van der Waals surface area contributed by atoms with Crippen LogP contribution in [0.2, 0.25) is 10.0 Å². The van der Waals surface area contributed by atoms with Crippen LogP contribution in [0.15, 0.2) is 48.0 Å². The van der Waals surface area contributed by atoms with Gasteiger partial charge in [0.2, 0.25) is 0 Å². The van der Waals surface area contributed by atoms with Crippen molar-refractivity contribution in [1.82, 2.24) is 0 Å². The Balaban J connectivity index is 2.10. The highest BCUT2D eigenvalue weighted by Crippen LogP contribution is 2.40. The summed E-state index contributed by atoms with van der Waals surface area (Å²) in [6.07, 6.45) is 3.14. The van der Waals surface area contributed by atoms with Gasteiger partial charge in [0.05, 0.1) is 10.0 Å². The number of fused-ring (bicyclic) bond motifs is 1. The van der Waals surface area contributed by atoms with Crippen molar-refractivity contribution in [3.05, 3.63) is 74.8 Å². The summed E-state index contributed by atoms with van der Waals surface area (Å²) in [5.74, 6) is 0.280. The van der Waals surface area contributed by atoms with E-state index in [1.54, 1.807) is 0 Å². The molecule has 0 bridgehead atoms. The van der Waals surface area contributed by atoms with Crippen molar-refractivity contribution in [2.45, 2.75) is 25.3 Å². The predicted molar refractivity (Wildman–Crippen MR) is 91.0 cm³/mol. The SMILES string of the molecule is C[C@@H](N)C1=Cc2ccccc2[C@H](c2ccc(Cl)c(Cl)c2)C1. The second kappa shape index (κ2) is 5.84. The first kappa shape index (κ1) is 14.6. The number of benzene rings is 2. The van der Waals surface area contributed by atoms with Crippen molar-refractivity contribution >= 4 is 29.3 Å². The Morgan fingerprint density at radius 1 is 1.10 bits per heavy atom. The van der Waals surface area contributed by atoms with Gasteiger partial charge in [-0.3, -0.25) is 0 Å². The number of rotatable bonds is 2. The first-order valence-electron chi connectivity index (χ1n) is 7.06. The molecule has 1 aliphatic rings. The molecule has 2 N–H and O–H groups in total. The van der Waals surface area contributed by atoms with E-state index in [2.05, 4.69) is 36.4 Å². The lowest BCUT2D eigenvalue weighted by Gasteiger charge is -2.28. The second-order valence-corrected chi connectivity index (χ2v) is 6.38. The van der Waals surface area contributed by atoms with Crippen molar-refractivity contribution < 1.29 is 0 Å². The van der Waals surface area contributed by atoms with Crippen LogP contribution in [0.3, 0.4) is 0 Å². The van der Waals surface area contributed by atoms with Crippen molar-refractivity contribution in [3.63, 3.8) is 0 Å². The lowest BCUT2D eigenvalue weighted by molar-refractivity contribution is 0.714. The van der Waals surface area contributed by atoms with Gasteiger partial charge in [-0.1, -0.05) is 65.2 Å². The second-order valence-electron chi connectivity index (χ2n) is 5.57. The van der Waals surface area contributed by atoms with Gasteiger partial charge in [0.15, 0.2) is 0 Å². The molecule has 0 saturated heterocycles. The summed E-state index contributed by atoms with van der Waals surface area (Å²) < 4.78 is 0. The summed E-state index contributed by atoms with van der Waals surface area (Å²) in [5.41, 5.74) is 11.1. The molecule has 0 saturated carbocycles. The molecule has 0 spiro atoms. The van der Waals surface area contributed by atoms with E-state index in [1.165, 1.54) is 22.3 Å². The smallest absolute Gasteiger partial charge is 0.0595 e. The fourth-order valence-corrected chi connectivity index (χ4v) is 3.21. The van der Waals surface area contributed by atoms with Gasteiger partial charge in [-0.2, -0.15) is 0 Å². The first-order chi connectivity index (χ1) is 10.1. The zero-order valence-electron chi connectivity index (χ0n) is 11.8. The number of hydrogen-bond acceptors (Lipinski definition) is 1. The normalized spacial score (nSPS) is 18.9. The van der Waals surface area contributed by atoms with Crippen molar-refractivity contribution in [1.29, 1.82) is 0 Å². The minimum atomic E-state index is 0.0589. The molecule has 0 aromatic heterocycles. The summed E-state index contributed by atoms with van der Waals surface area (Å²) in [6.45, 7) is 2.03. The molecule has 0 aliphatic heterocycles. The molecule has 0 heterocycles. The fraction of sp³-hybridized carbons (Fsp3) is 0.222. The highest BCUT2D eigenvalue weighted by Gasteiger charge is 2.24. The molecule has 3 heteroatoms. The Labute approximate surface area is 135 Å². The van der Waals surface area contributed by atoms with E-state index in [9.17, 15) is 0 Å². The third kappa shape index (κ3) is 2.87. The summed E-state index contributed by atoms with van der Waals surface area (Å²) >= 11 is 12.2. The molecule has 1 aliphatic carbocycles. The molecule has 2 aromatic rings. The molecule has 21 heavy (non-hydrogen) atoms. The number of hydrogen-bond donors (Lipinski definition) is 1. The standard InChI is InChI=1S/C18H17Cl2N/c1-11(21)14-8-12-4-2-3-5-15(12)16(9-14)13-6-7-17(19)18(20)10-13/h2-8,10-11,16H,9,21H2,1H3/t11-,16+/m1/s1. The van der Waals surface area contributed by atoms with Crippen molar-refractivity contribution in [3.8, 4) is 0 Å². The van der Waals surface area contributed by atoms with Crippen LogP contribution in [0.5, 0.6) is 0 Å². The highest BCUT2D eigenvalue weighted by atomic mass is 35.5. The third-order valence-corrected chi connectivity index (χ3v) is 4.82. The molecular formula is C18H17Cl2N. The molecular weight excluding hydrogens is 301 g/mol. The van der Waals surface area contributed by atoms with Crippen LogP contribution in [0.25, 0.3) is 6.08 Å². The average Bonchev–Trinajstić information content (AvgIpc) is 2.49. The molecule has 0 unspecified atom stereocenters. The van der Waals surface area contributed by atoms with Crippen LogP contribution >= 0.6 is 23.2 Å². The van der Waals surface area contributed by atoms with E-state index in [0.29, 0.717) is 10.0 Å². The zero-order chi connectivity index (χ0) is 15.0. The van der Waals surface area contributed by atoms with Crippen molar-refractivity contribution in [2.24, 2.45) is 5.73 Å². The third-order valence-electron chi connectivity index (χ3n) is 4.08. The van der Waals surface area contributed by atoms with Crippen molar-refractivity contribution in [2.75, 3.05) is 0 Å². The van der Waals surface area contributed by atoms with E-state index in [1.807, 2.05) is 19.1 Å². The van der Waals surface area contributed by atoms with Gasteiger partial charge < -0.3 is 5.73 Å². The van der Waals surface area contributed by atoms with Gasteiger partial charge in [-0.25, -0.2) is 0 Å². The molecule has 2 aromatic carbocycles. The van der Waals surface area contributed by atoms with Crippen LogP contribution in [0.1, 0.15) is 36.0 Å². The molecule has 1 nitrogen and oxygen atoms in total. The Kier molecular flexibility index (Phi) is 4.08. The van der Waals surface area contributed by atoms with Crippen LogP contribution in [0, 0.1) is 0 Å². The van der Waals surface area contributed by atoms with E-state index >= 15 is 0 Å². The largest absolute Gasteiger partial charge is 0.324 e. The minimum Gasteiger partial charge on any atom is -0.324 e. The lowest BCUT2D eigenvalue weighted by atomic mass is 9.78. The summed E-state index contributed by atoms with van der Waals surface area (Å²) in [7, 11) is 0. The van der Waals surface area contributed by atoms with E-state index < -0.39 is 0 Å². The summed E-state index contributed by atoms with van der Waals surface area (Å²) in [4.78, 5) is 0. The molecule has 0 amide bonds. The van der Waals surface area contributed by atoms with Crippen LogP contribution in [-0.2, 0) is 0 Å². The van der Waals surface area contributed by atoms with Crippen LogP contribution in [-0.4, -0.2) is 6.04 Å². The van der Waals surface area contributed by atoms with Gasteiger partial charge in [0.1, 0.15) is 0 Å². The summed E-state index contributed by atoms with van der Waals surface area (Å²) in [5, 5.41) is 1.19. The Morgan fingerprint density at radius 2 is 1.86 bits per heavy atom. The average molecular weight is 318 g/mol. The first-order valence-corrected chi connectivity index (χ1v) is 7.82. The van der Waals surface area contributed by atoms with Gasteiger partial charge in [0, 0.05) is 12.0 Å². The molecule has 0 radical (unpaired) electrons. The monoisotopic (exact) mass is 317 g/mol.